The van der Waals surface area contributed by atoms with Gasteiger partial charge in [-0.15, -0.1) is 0 Å². The standard InChI is InChI=1S/C25H30N4O3S/c1-3-27-25(16-32-17-25)15-26-22-13-24(28-21-9-8-18(2)12-20(21)22)29-10-11-33(30,31)23-7-5-4-6-19(23)14-29/h4-9,12-13,27H,3,10-11,14-17H2,1-2H3,(H,26,28). The highest BCUT2D eigenvalue weighted by molar-refractivity contribution is 7.91. The van der Waals surface area contributed by atoms with Gasteiger partial charge in [-0.05, 0) is 37.2 Å². The summed E-state index contributed by atoms with van der Waals surface area (Å²) in [6, 6.07) is 15.6. The van der Waals surface area contributed by atoms with Crippen molar-refractivity contribution in [2.45, 2.75) is 30.8 Å². The third-order valence-corrected chi connectivity index (χ3v) is 8.29. The summed E-state index contributed by atoms with van der Waals surface area (Å²) in [6.45, 7) is 8.08. The van der Waals surface area contributed by atoms with Crippen LogP contribution in [0.5, 0.6) is 0 Å². The molecule has 7 nitrogen and oxygen atoms in total. The van der Waals surface area contributed by atoms with E-state index in [-0.39, 0.29) is 11.3 Å². The normalized spacial score (nSPS) is 18.9. The van der Waals surface area contributed by atoms with Gasteiger partial charge in [0, 0.05) is 36.8 Å². The van der Waals surface area contributed by atoms with Crippen LogP contribution in [0.3, 0.4) is 0 Å². The minimum Gasteiger partial charge on any atom is -0.382 e. The first-order valence-corrected chi connectivity index (χ1v) is 13.1. The van der Waals surface area contributed by atoms with Crippen molar-refractivity contribution in [3.63, 3.8) is 0 Å². The SMILES string of the molecule is CCNC1(CNc2cc(N3CCS(=O)(=O)c4ccccc4C3)nc3ccc(C)cc23)COC1. The summed E-state index contributed by atoms with van der Waals surface area (Å²) in [7, 11) is -3.32. The van der Waals surface area contributed by atoms with Crippen molar-refractivity contribution in [2.75, 3.05) is 48.8 Å². The van der Waals surface area contributed by atoms with Crippen LogP contribution in [0, 0.1) is 6.92 Å². The Labute approximate surface area is 195 Å². The molecule has 3 heterocycles. The Kier molecular flexibility index (Phi) is 5.76. The maximum Gasteiger partial charge on any atom is 0.180 e. The number of nitrogens with one attached hydrogen (secondary N) is 2. The first kappa shape index (κ1) is 22.1. The average Bonchev–Trinajstić information content (AvgIpc) is 2.91. The number of hydrogen-bond acceptors (Lipinski definition) is 7. The number of rotatable bonds is 6. The summed E-state index contributed by atoms with van der Waals surface area (Å²) < 4.78 is 31.1. The fourth-order valence-electron chi connectivity index (χ4n) is 4.65. The lowest BCUT2D eigenvalue weighted by molar-refractivity contribution is -0.0660. The third-order valence-electron chi connectivity index (χ3n) is 6.50. The Morgan fingerprint density at radius 3 is 2.73 bits per heavy atom. The second-order valence-corrected chi connectivity index (χ2v) is 11.1. The van der Waals surface area contributed by atoms with E-state index < -0.39 is 9.84 Å². The maximum atomic E-state index is 12.8. The van der Waals surface area contributed by atoms with Crippen molar-refractivity contribution in [3.8, 4) is 0 Å². The molecule has 0 atom stereocenters. The average molecular weight is 467 g/mol. The smallest absolute Gasteiger partial charge is 0.180 e. The van der Waals surface area contributed by atoms with Gasteiger partial charge in [-0.3, -0.25) is 0 Å². The second-order valence-electron chi connectivity index (χ2n) is 9.05. The van der Waals surface area contributed by atoms with Gasteiger partial charge < -0.3 is 20.3 Å². The number of likely N-dealkylation sites (N-methyl/N-ethyl adjacent to an activating group) is 1. The lowest BCUT2D eigenvalue weighted by Gasteiger charge is -2.42. The molecular weight excluding hydrogens is 436 g/mol. The minimum atomic E-state index is -3.32. The van der Waals surface area contributed by atoms with E-state index in [1.165, 1.54) is 5.56 Å². The first-order chi connectivity index (χ1) is 15.9. The summed E-state index contributed by atoms with van der Waals surface area (Å²) in [4.78, 5) is 7.43. The summed E-state index contributed by atoms with van der Waals surface area (Å²) in [5, 5.41) is 8.26. The highest BCUT2D eigenvalue weighted by Gasteiger charge is 2.37. The molecule has 33 heavy (non-hydrogen) atoms. The van der Waals surface area contributed by atoms with E-state index in [0.29, 0.717) is 31.2 Å². The molecule has 0 unspecified atom stereocenters. The van der Waals surface area contributed by atoms with E-state index in [1.807, 2.05) is 18.2 Å². The fraction of sp³-hybridized carbons (Fsp3) is 0.400. The third kappa shape index (κ3) is 4.30. The van der Waals surface area contributed by atoms with Gasteiger partial charge in [0.15, 0.2) is 9.84 Å². The Balaban J connectivity index is 1.52. The molecule has 0 aliphatic carbocycles. The topological polar surface area (TPSA) is 83.6 Å². The molecule has 0 bridgehead atoms. The molecule has 174 valence electrons. The molecule has 2 aromatic carbocycles. The molecule has 2 aliphatic rings. The van der Waals surface area contributed by atoms with Crippen LogP contribution in [0.2, 0.25) is 0 Å². The number of pyridine rings is 1. The van der Waals surface area contributed by atoms with Gasteiger partial charge in [0.25, 0.3) is 0 Å². The molecule has 0 spiro atoms. The zero-order chi connectivity index (χ0) is 23.1. The molecule has 2 N–H and O–H groups in total. The molecular formula is C25H30N4O3S. The largest absolute Gasteiger partial charge is 0.382 e. The van der Waals surface area contributed by atoms with Crippen LogP contribution in [-0.2, 0) is 21.1 Å². The zero-order valence-corrected chi connectivity index (χ0v) is 19.9. The minimum absolute atomic E-state index is 0.0655. The van der Waals surface area contributed by atoms with Gasteiger partial charge in [0.1, 0.15) is 5.82 Å². The molecule has 0 amide bonds. The van der Waals surface area contributed by atoms with Gasteiger partial charge in [0.05, 0.1) is 34.9 Å². The lowest BCUT2D eigenvalue weighted by atomic mass is 9.97. The van der Waals surface area contributed by atoms with Crippen molar-refractivity contribution in [1.29, 1.82) is 0 Å². The molecule has 5 rings (SSSR count). The molecule has 0 saturated carbocycles. The molecule has 2 aliphatic heterocycles. The number of aryl methyl sites for hydroxylation is 1. The number of anilines is 2. The number of aromatic nitrogens is 1. The molecule has 1 saturated heterocycles. The highest BCUT2D eigenvalue weighted by Crippen LogP contribution is 2.32. The van der Waals surface area contributed by atoms with Crippen LogP contribution in [0.4, 0.5) is 11.5 Å². The summed E-state index contributed by atoms with van der Waals surface area (Å²) in [5.74, 6) is 0.851. The van der Waals surface area contributed by atoms with Crippen LogP contribution >= 0.6 is 0 Å². The van der Waals surface area contributed by atoms with Gasteiger partial charge in [-0.25, -0.2) is 13.4 Å². The van der Waals surface area contributed by atoms with Crippen LogP contribution < -0.4 is 15.5 Å². The second kappa shape index (κ2) is 8.59. The van der Waals surface area contributed by atoms with Crippen LogP contribution in [0.25, 0.3) is 10.9 Å². The van der Waals surface area contributed by atoms with E-state index in [2.05, 4.69) is 47.6 Å². The molecule has 0 radical (unpaired) electrons. The Bertz CT molecular complexity index is 1290. The first-order valence-electron chi connectivity index (χ1n) is 11.4. The summed E-state index contributed by atoms with van der Waals surface area (Å²) in [6.07, 6.45) is 0. The molecule has 3 aromatic rings. The number of hydrogen-bond donors (Lipinski definition) is 2. The van der Waals surface area contributed by atoms with Gasteiger partial charge in [-0.2, -0.15) is 0 Å². The van der Waals surface area contributed by atoms with E-state index in [9.17, 15) is 8.42 Å². The number of ether oxygens (including phenoxy) is 1. The predicted molar refractivity (Wildman–Crippen MR) is 132 cm³/mol. The van der Waals surface area contributed by atoms with Crippen molar-refractivity contribution < 1.29 is 13.2 Å². The molecule has 8 heteroatoms. The molecule has 1 fully saturated rings. The lowest BCUT2D eigenvalue weighted by Crippen LogP contribution is -2.64. The summed E-state index contributed by atoms with van der Waals surface area (Å²) in [5.41, 5.74) is 3.81. The van der Waals surface area contributed by atoms with Gasteiger partial charge in [-0.1, -0.05) is 36.8 Å². The number of nitrogens with zero attached hydrogens (tertiary/aromatic N) is 2. The zero-order valence-electron chi connectivity index (χ0n) is 19.1. The Morgan fingerprint density at radius 1 is 1.15 bits per heavy atom. The Morgan fingerprint density at radius 2 is 1.97 bits per heavy atom. The van der Waals surface area contributed by atoms with Crippen LogP contribution in [0.1, 0.15) is 18.1 Å². The van der Waals surface area contributed by atoms with Crippen LogP contribution in [-0.4, -0.2) is 57.5 Å². The van der Waals surface area contributed by atoms with E-state index in [0.717, 1.165) is 41.1 Å². The van der Waals surface area contributed by atoms with Crippen molar-refractivity contribution in [1.82, 2.24) is 10.3 Å². The fourth-order valence-corrected chi connectivity index (χ4v) is 6.15. The van der Waals surface area contributed by atoms with Crippen molar-refractivity contribution >= 4 is 32.2 Å². The number of sulfone groups is 1. The van der Waals surface area contributed by atoms with Gasteiger partial charge in [0.2, 0.25) is 0 Å². The monoisotopic (exact) mass is 466 g/mol. The van der Waals surface area contributed by atoms with E-state index in [1.54, 1.807) is 12.1 Å². The number of benzene rings is 2. The predicted octanol–water partition coefficient (Wildman–Crippen LogP) is 3.13. The number of fused-ring (bicyclic) bond motifs is 2. The van der Waals surface area contributed by atoms with E-state index >= 15 is 0 Å². The quantitative estimate of drug-likeness (QED) is 0.577. The van der Waals surface area contributed by atoms with Crippen molar-refractivity contribution in [2.24, 2.45) is 0 Å². The summed E-state index contributed by atoms with van der Waals surface area (Å²) >= 11 is 0. The van der Waals surface area contributed by atoms with Crippen molar-refractivity contribution in [3.05, 3.63) is 59.7 Å². The maximum absolute atomic E-state index is 12.8. The van der Waals surface area contributed by atoms with E-state index in [4.69, 9.17) is 9.72 Å². The van der Waals surface area contributed by atoms with Gasteiger partial charge >= 0.3 is 0 Å². The molecule has 1 aromatic heterocycles. The Hall–Kier alpha value is -2.68. The van der Waals surface area contributed by atoms with Crippen LogP contribution in [0.15, 0.2) is 53.4 Å². The highest BCUT2D eigenvalue weighted by atomic mass is 32.2.